The van der Waals surface area contributed by atoms with E-state index in [0.717, 1.165) is 12.0 Å². The van der Waals surface area contributed by atoms with Gasteiger partial charge >= 0.3 is 0 Å². The number of likely N-dealkylation sites (N-methyl/N-ethyl adjacent to an activating group) is 1. The number of nitrogens with one attached hydrogen (secondary N) is 1. The van der Waals surface area contributed by atoms with Crippen LogP contribution in [0.25, 0.3) is 0 Å². The standard InChI is InChI=1S/C15H30N2/c1-13-6-8-14(9-7-13)16-12-15(17(2)3)10-4-5-11-15/h13-14,16H,4-12H2,1-3H3. The summed E-state index contributed by atoms with van der Waals surface area (Å²) in [5, 5.41) is 3.86. The predicted molar refractivity (Wildman–Crippen MR) is 74.3 cm³/mol. The first kappa shape index (κ1) is 13.4. The second-order valence-electron chi connectivity index (χ2n) is 6.66. The zero-order valence-corrected chi connectivity index (χ0v) is 12.0. The Bertz CT molecular complexity index is 223. The first-order chi connectivity index (χ1) is 8.12. The second-order valence-corrected chi connectivity index (χ2v) is 6.66. The van der Waals surface area contributed by atoms with E-state index < -0.39 is 0 Å². The van der Waals surface area contributed by atoms with Crippen LogP contribution in [0.4, 0.5) is 0 Å². The van der Waals surface area contributed by atoms with E-state index in [2.05, 4.69) is 31.2 Å². The average molecular weight is 238 g/mol. The summed E-state index contributed by atoms with van der Waals surface area (Å²) in [5.41, 5.74) is 0.461. The zero-order valence-electron chi connectivity index (χ0n) is 12.0. The summed E-state index contributed by atoms with van der Waals surface area (Å²) in [6.45, 7) is 3.60. The molecule has 0 amide bonds. The van der Waals surface area contributed by atoms with Gasteiger partial charge in [-0.1, -0.05) is 19.8 Å². The van der Waals surface area contributed by atoms with Crippen molar-refractivity contribution in [1.29, 1.82) is 0 Å². The van der Waals surface area contributed by atoms with E-state index in [4.69, 9.17) is 0 Å². The summed E-state index contributed by atoms with van der Waals surface area (Å²) in [7, 11) is 4.52. The minimum Gasteiger partial charge on any atom is -0.312 e. The van der Waals surface area contributed by atoms with Crippen LogP contribution in [-0.4, -0.2) is 37.1 Å². The number of hydrogen-bond donors (Lipinski definition) is 1. The molecule has 0 aromatic heterocycles. The summed E-state index contributed by atoms with van der Waals surface area (Å²) in [6, 6.07) is 0.795. The molecule has 0 bridgehead atoms. The highest BCUT2D eigenvalue weighted by Gasteiger charge is 2.36. The first-order valence-corrected chi connectivity index (χ1v) is 7.53. The van der Waals surface area contributed by atoms with Crippen molar-refractivity contribution >= 4 is 0 Å². The largest absolute Gasteiger partial charge is 0.312 e. The molecule has 2 fully saturated rings. The lowest BCUT2D eigenvalue weighted by atomic mass is 9.86. The quantitative estimate of drug-likeness (QED) is 0.810. The van der Waals surface area contributed by atoms with Gasteiger partial charge in [-0.2, -0.15) is 0 Å². The van der Waals surface area contributed by atoms with E-state index in [1.54, 1.807) is 0 Å². The van der Waals surface area contributed by atoms with Crippen molar-refractivity contribution in [2.75, 3.05) is 20.6 Å². The van der Waals surface area contributed by atoms with Gasteiger partial charge in [0.25, 0.3) is 0 Å². The fourth-order valence-electron chi connectivity index (χ4n) is 3.61. The maximum atomic E-state index is 3.86. The van der Waals surface area contributed by atoms with Crippen molar-refractivity contribution in [2.45, 2.75) is 69.9 Å². The molecule has 0 heterocycles. The second kappa shape index (κ2) is 5.71. The van der Waals surface area contributed by atoms with Gasteiger partial charge in [0.05, 0.1) is 0 Å². The highest BCUT2D eigenvalue weighted by atomic mass is 15.2. The van der Waals surface area contributed by atoms with Gasteiger partial charge in [-0.05, 0) is 58.5 Å². The minimum atomic E-state index is 0.461. The molecule has 0 saturated heterocycles. The van der Waals surface area contributed by atoms with E-state index in [1.807, 2.05) is 0 Å². The van der Waals surface area contributed by atoms with Gasteiger partial charge in [0, 0.05) is 18.1 Å². The van der Waals surface area contributed by atoms with Gasteiger partial charge in [-0.15, -0.1) is 0 Å². The lowest BCUT2D eigenvalue weighted by Gasteiger charge is -2.39. The van der Waals surface area contributed by atoms with Crippen LogP contribution >= 0.6 is 0 Å². The van der Waals surface area contributed by atoms with Crippen LogP contribution in [0, 0.1) is 5.92 Å². The van der Waals surface area contributed by atoms with Crippen molar-refractivity contribution in [3.63, 3.8) is 0 Å². The van der Waals surface area contributed by atoms with Crippen LogP contribution < -0.4 is 5.32 Å². The van der Waals surface area contributed by atoms with Gasteiger partial charge in [-0.25, -0.2) is 0 Å². The molecule has 1 N–H and O–H groups in total. The summed E-state index contributed by atoms with van der Waals surface area (Å²) >= 11 is 0. The molecule has 2 aliphatic carbocycles. The predicted octanol–water partition coefficient (Wildman–Crippen LogP) is 3.03. The monoisotopic (exact) mass is 238 g/mol. The van der Waals surface area contributed by atoms with Crippen LogP contribution in [0.5, 0.6) is 0 Å². The molecule has 0 unspecified atom stereocenters. The van der Waals surface area contributed by atoms with Crippen LogP contribution in [-0.2, 0) is 0 Å². The smallest absolute Gasteiger partial charge is 0.0327 e. The Morgan fingerprint density at radius 1 is 1.06 bits per heavy atom. The third-order valence-electron chi connectivity index (χ3n) is 5.22. The Hall–Kier alpha value is -0.0800. The topological polar surface area (TPSA) is 15.3 Å². The molecule has 2 aliphatic rings. The molecule has 0 aliphatic heterocycles. The van der Waals surface area contributed by atoms with E-state index in [1.165, 1.54) is 57.9 Å². The summed E-state index contributed by atoms with van der Waals surface area (Å²) in [6.07, 6.45) is 11.2. The van der Waals surface area contributed by atoms with Gasteiger partial charge in [0.1, 0.15) is 0 Å². The maximum Gasteiger partial charge on any atom is 0.0327 e. The van der Waals surface area contributed by atoms with Crippen molar-refractivity contribution < 1.29 is 0 Å². The first-order valence-electron chi connectivity index (χ1n) is 7.53. The third-order valence-corrected chi connectivity index (χ3v) is 5.22. The molecule has 100 valence electrons. The van der Waals surface area contributed by atoms with Gasteiger partial charge < -0.3 is 10.2 Å². The molecule has 0 aromatic carbocycles. The molecule has 17 heavy (non-hydrogen) atoms. The molecule has 2 nitrogen and oxygen atoms in total. The van der Waals surface area contributed by atoms with E-state index >= 15 is 0 Å². The Balaban J connectivity index is 1.80. The molecular weight excluding hydrogens is 208 g/mol. The van der Waals surface area contributed by atoms with Crippen molar-refractivity contribution in [1.82, 2.24) is 10.2 Å². The van der Waals surface area contributed by atoms with Crippen LogP contribution in [0.1, 0.15) is 58.3 Å². The summed E-state index contributed by atoms with van der Waals surface area (Å²) in [4.78, 5) is 2.47. The number of rotatable bonds is 4. The van der Waals surface area contributed by atoms with Crippen LogP contribution in [0.3, 0.4) is 0 Å². The van der Waals surface area contributed by atoms with E-state index in [0.29, 0.717) is 5.54 Å². The Labute approximate surface area is 107 Å². The normalized spacial score (nSPS) is 33.2. The highest BCUT2D eigenvalue weighted by Crippen LogP contribution is 2.33. The molecule has 0 aromatic rings. The summed E-state index contributed by atoms with van der Waals surface area (Å²) < 4.78 is 0. The van der Waals surface area contributed by atoms with Gasteiger partial charge in [0.2, 0.25) is 0 Å². The Kier molecular flexibility index (Phi) is 4.48. The van der Waals surface area contributed by atoms with Crippen LogP contribution in [0.2, 0.25) is 0 Å². The highest BCUT2D eigenvalue weighted by molar-refractivity contribution is 4.95. The lowest BCUT2D eigenvalue weighted by molar-refractivity contribution is 0.143. The number of nitrogens with zero attached hydrogens (tertiary/aromatic N) is 1. The van der Waals surface area contributed by atoms with Gasteiger partial charge in [-0.3, -0.25) is 0 Å². The third kappa shape index (κ3) is 3.23. The molecule has 0 radical (unpaired) electrons. The van der Waals surface area contributed by atoms with Crippen molar-refractivity contribution in [3.8, 4) is 0 Å². The van der Waals surface area contributed by atoms with Gasteiger partial charge in [0.15, 0.2) is 0 Å². The molecule has 2 rings (SSSR count). The fraction of sp³-hybridized carbons (Fsp3) is 1.00. The fourth-order valence-corrected chi connectivity index (χ4v) is 3.61. The van der Waals surface area contributed by atoms with E-state index in [9.17, 15) is 0 Å². The SMILES string of the molecule is CC1CCC(NCC2(N(C)C)CCCC2)CC1. The van der Waals surface area contributed by atoms with E-state index in [-0.39, 0.29) is 0 Å². The maximum absolute atomic E-state index is 3.86. The molecule has 0 atom stereocenters. The van der Waals surface area contributed by atoms with Crippen molar-refractivity contribution in [3.05, 3.63) is 0 Å². The van der Waals surface area contributed by atoms with Crippen LogP contribution in [0.15, 0.2) is 0 Å². The Morgan fingerprint density at radius 2 is 1.65 bits per heavy atom. The minimum absolute atomic E-state index is 0.461. The van der Waals surface area contributed by atoms with Crippen molar-refractivity contribution in [2.24, 2.45) is 5.92 Å². The Morgan fingerprint density at radius 3 is 2.18 bits per heavy atom. The molecular formula is C15H30N2. The lowest BCUT2D eigenvalue weighted by Crippen LogP contribution is -2.52. The number of hydrogen-bond acceptors (Lipinski definition) is 2. The molecule has 0 spiro atoms. The summed E-state index contributed by atoms with van der Waals surface area (Å²) in [5.74, 6) is 0.960. The molecule has 2 saturated carbocycles. The zero-order chi connectivity index (χ0) is 12.3. The molecule has 2 heteroatoms. The average Bonchev–Trinajstić information content (AvgIpc) is 2.78.